The minimum Gasteiger partial charge on any atom is -0.350 e. The lowest BCUT2D eigenvalue weighted by atomic mass is 9.79. The molecule has 1 rings (SSSR count). The molecule has 0 radical (unpaired) electrons. The molecule has 0 aliphatic carbocycles. The zero-order chi connectivity index (χ0) is 23.0. The number of rotatable bonds is 12. The zero-order valence-corrected chi connectivity index (χ0v) is 18.9. The molecule has 0 saturated carbocycles. The van der Waals surface area contributed by atoms with E-state index in [0.29, 0.717) is 5.69 Å². The Morgan fingerprint density at radius 3 is 2.27 bits per heavy atom. The van der Waals surface area contributed by atoms with Gasteiger partial charge in [-0.15, -0.1) is 0 Å². The fourth-order valence-electron chi connectivity index (χ4n) is 2.71. The number of hydrogen-bond acceptors (Lipinski definition) is 7. The molecule has 1 unspecified atom stereocenters. The van der Waals surface area contributed by atoms with Gasteiger partial charge in [-0.05, 0) is 31.0 Å². The Morgan fingerprint density at radius 1 is 1.13 bits per heavy atom. The monoisotopic (exact) mass is 463 g/mol. The summed E-state index contributed by atoms with van der Waals surface area (Å²) < 4.78 is 60.9. The third-order valence-corrected chi connectivity index (χ3v) is 5.97. The molecule has 12 heteroatoms. The third-order valence-electron chi connectivity index (χ3n) is 4.53. The highest BCUT2D eigenvalue weighted by molar-refractivity contribution is 7.86. The summed E-state index contributed by atoms with van der Waals surface area (Å²) in [5, 5.41) is 5.26. The van der Waals surface area contributed by atoms with Crippen molar-refractivity contribution in [1.29, 1.82) is 0 Å². The number of carbonyl (C=O) groups excluding carboxylic acids is 1. The van der Waals surface area contributed by atoms with E-state index >= 15 is 0 Å². The number of allylic oxidation sites excluding steroid dienone is 2. The highest BCUT2D eigenvalue weighted by atomic mass is 32.2. The van der Waals surface area contributed by atoms with Gasteiger partial charge in [0.25, 0.3) is 26.1 Å². The van der Waals surface area contributed by atoms with Gasteiger partial charge in [0.2, 0.25) is 0 Å². The van der Waals surface area contributed by atoms with Crippen LogP contribution in [-0.4, -0.2) is 61.4 Å². The summed E-state index contributed by atoms with van der Waals surface area (Å²) in [6.45, 7) is 5.76. The van der Waals surface area contributed by atoms with E-state index in [1.165, 1.54) is 0 Å². The maximum atomic E-state index is 12.5. The van der Waals surface area contributed by atoms with Crippen LogP contribution in [0, 0.1) is 0 Å². The van der Waals surface area contributed by atoms with Crippen LogP contribution in [0.3, 0.4) is 0 Å². The number of nitrogens with zero attached hydrogens (tertiary/aromatic N) is 1. The van der Waals surface area contributed by atoms with E-state index in [0.717, 1.165) is 12.0 Å². The summed E-state index contributed by atoms with van der Waals surface area (Å²) in [7, 11) is -8.29. The van der Waals surface area contributed by atoms with Crippen molar-refractivity contribution in [1.82, 2.24) is 15.6 Å². The number of aromatic nitrogens is 1. The molecular weight excluding hydrogens is 434 g/mol. The molecule has 1 heterocycles. The molecule has 0 spiro atoms. The maximum absolute atomic E-state index is 12.5. The molecule has 30 heavy (non-hydrogen) atoms. The van der Waals surface area contributed by atoms with E-state index in [9.17, 15) is 21.6 Å². The number of amides is 1. The summed E-state index contributed by atoms with van der Waals surface area (Å²) in [6, 6.07) is 3.42. The van der Waals surface area contributed by atoms with Crippen LogP contribution in [0.15, 0.2) is 24.3 Å². The first-order valence-corrected chi connectivity index (χ1v) is 12.6. The third kappa shape index (κ3) is 9.30. The number of carbonyl (C=O) groups is 1. The Labute approximate surface area is 177 Å². The van der Waals surface area contributed by atoms with Gasteiger partial charge in [0.05, 0.1) is 17.2 Å². The van der Waals surface area contributed by atoms with E-state index in [1.54, 1.807) is 12.1 Å². The molecular formula is C18H29N3O7S2. The zero-order valence-electron chi connectivity index (χ0n) is 17.3. The summed E-state index contributed by atoms with van der Waals surface area (Å²) in [5.41, 5.74) is 0.972. The van der Waals surface area contributed by atoms with E-state index in [2.05, 4.69) is 15.6 Å². The van der Waals surface area contributed by atoms with Crippen molar-refractivity contribution in [3.63, 3.8) is 0 Å². The van der Waals surface area contributed by atoms with Crippen LogP contribution in [0.1, 0.15) is 48.9 Å². The second-order valence-corrected chi connectivity index (χ2v) is 10.2. The number of hydrogen-bond donors (Lipinski definition) is 4. The molecule has 0 fully saturated rings. The van der Waals surface area contributed by atoms with Gasteiger partial charge in [-0.1, -0.05) is 26.0 Å². The Morgan fingerprint density at radius 2 is 1.73 bits per heavy atom. The van der Waals surface area contributed by atoms with Crippen LogP contribution in [0.2, 0.25) is 0 Å². The number of pyridine rings is 1. The van der Waals surface area contributed by atoms with Gasteiger partial charge in [0.1, 0.15) is 5.69 Å². The maximum Gasteiger partial charge on any atom is 0.269 e. The molecule has 0 bridgehead atoms. The van der Waals surface area contributed by atoms with Crippen molar-refractivity contribution < 1.29 is 30.7 Å². The second-order valence-electron chi connectivity index (χ2n) is 7.01. The largest absolute Gasteiger partial charge is 0.350 e. The predicted octanol–water partition coefficient (Wildman–Crippen LogP) is 0.920. The second kappa shape index (κ2) is 11.0. The van der Waals surface area contributed by atoms with E-state index in [1.807, 2.05) is 32.9 Å². The lowest BCUT2D eigenvalue weighted by molar-refractivity contribution is 0.0950. The first kappa shape index (κ1) is 26.2. The standard InChI is InChI=1S/C18H29N3O7S2/c1-4-6-18(3,5-2)14-11-15(13-19-7-9-29(23,24)25)21-16(12-14)17(22)20-8-10-30(26,27)28/h4,6,11-12,19H,5,7-10,13H2,1-3H3,(H,20,22)(H,23,24,25)(H,26,27,28)/b6-4+. The van der Waals surface area contributed by atoms with Crippen LogP contribution in [0.5, 0.6) is 0 Å². The Bertz CT molecular complexity index is 975. The van der Waals surface area contributed by atoms with Gasteiger partial charge in [0, 0.05) is 25.0 Å². The van der Waals surface area contributed by atoms with Crippen LogP contribution >= 0.6 is 0 Å². The predicted molar refractivity (Wildman–Crippen MR) is 114 cm³/mol. The fourth-order valence-corrected chi connectivity index (χ4v) is 3.47. The molecule has 1 aromatic rings. The van der Waals surface area contributed by atoms with E-state index < -0.39 is 37.6 Å². The van der Waals surface area contributed by atoms with Crippen molar-refractivity contribution in [3.05, 3.63) is 41.2 Å². The van der Waals surface area contributed by atoms with Crippen molar-refractivity contribution in [3.8, 4) is 0 Å². The van der Waals surface area contributed by atoms with Crippen molar-refractivity contribution in [2.24, 2.45) is 0 Å². The normalized spacial score (nSPS) is 14.6. The molecule has 1 amide bonds. The van der Waals surface area contributed by atoms with Crippen LogP contribution < -0.4 is 10.6 Å². The topological polar surface area (TPSA) is 163 Å². The molecule has 4 N–H and O–H groups in total. The van der Waals surface area contributed by atoms with Crippen molar-refractivity contribution >= 4 is 26.1 Å². The Balaban J connectivity index is 3.13. The van der Waals surface area contributed by atoms with Crippen LogP contribution in [0.4, 0.5) is 0 Å². The summed E-state index contributed by atoms with van der Waals surface area (Å²) in [5.74, 6) is -1.67. The molecule has 1 aromatic heterocycles. The molecule has 0 aliphatic heterocycles. The average molecular weight is 464 g/mol. The smallest absolute Gasteiger partial charge is 0.269 e. The lowest BCUT2D eigenvalue weighted by Crippen LogP contribution is -2.31. The Kier molecular flexibility index (Phi) is 9.56. The number of nitrogens with one attached hydrogen (secondary N) is 2. The van der Waals surface area contributed by atoms with Gasteiger partial charge in [-0.2, -0.15) is 16.8 Å². The molecule has 170 valence electrons. The molecule has 0 aliphatic rings. The van der Waals surface area contributed by atoms with Gasteiger partial charge in [-0.25, -0.2) is 4.98 Å². The van der Waals surface area contributed by atoms with Crippen molar-refractivity contribution in [2.45, 2.75) is 39.2 Å². The van der Waals surface area contributed by atoms with Gasteiger partial charge < -0.3 is 10.6 Å². The summed E-state index contributed by atoms with van der Waals surface area (Å²) in [6.07, 6.45) is 4.64. The average Bonchev–Trinajstić information content (AvgIpc) is 2.63. The molecule has 0 saturated heterocycles. The fraction of sp³-hybridized carbons (Fsp3) is 0.556. The molecule has 1 atom stereocenters. The lowest BCUT2D eigenvalue weighted by Gasteiger charge is -2.26. The van der Waals surface area contributed by atoms with Crippen molar-refractivity contribution in [2.75, 3.05) is 24.6 Å². The first-order chi connectivity index (χ1) is 13.8. The van der Waals surface area contributed by atoms with Crippen LogP contribution in [0.25, 0.3) is 0 Å². The summed E-state index contributed by atoms with van der Waals surface area (Å²) in [4.78, 5) is 16.7. The van der Waals surface area contributed by atoms with Gasteiger partial charge >= 0.3 is 0 Å². The first-order valence-electron chi connectivity index (χ1n) is 9.34. The SMILES string of the molecule is C/C=C/C(C)(CC)c1cc(CNCCS(=O)(=O)O)nc(C(=O)NCCS(=O)(=O)O)c1. The minimum atomic E-state index is -4.20. The minimum absolute atomic E-state index is 0.000534. The highest BCUT2D eigenvalue weighted by Crippen LogP contribution is 2.30. The van der Waals surface area contributed by atoms with Gasteiger partial charge in [0.15, 0.2) is 0 Å². The Hall–Kier alpha value is -1.86. The van der Waals surface area contributed by atoms with E-state index in [4.69, 9.17) is 9.11 Å². The van der Waals surface area contributed by atoms with Gasteiger partial charge in [-0.3, -0.25) is 13.9 Å². The summed E-state index contributed by atoms with van der Waals surface area (Å²) >= 11 is 0. The quantitative estimate of drug-likeness (QED) is 0.200. The van der Waals surface area contributed by atoms with Crippen LogP contribution in [-0.2, 0) is 32.2 Å². The highest BCUT2D eigenvalue weighted by Gasteiger charge is 2.24. The van der Waals surface area contributed by atoms with E-state index in [-0.39, 0.29) is 30.7 Å². The molecule has 0 aromatic carbocycles. The molecule has 10 nitrogen and oxygen atoms in total.